The van der Waals surface area contributed by atoms with E-state index in [4.69, 9.17) is 0 Å². The Morgan fingerprint density at radius 3 is 2.40 bits per heavy atom. The van der Waals surface area contributed by atoms with E-state index in [0.29, 0.717) is 0 Å². The molecule has 20 heavy (non-hydrogen) atoms. The highest BCUT2D eigenvalue weighted by Crippen LogP contribution is 2.45. The van der Waals surface area contributed by atoms with Crippen LogP contribution in [0.4, 0.5) is 0 Å². The molecule has 1 heterocycles. The Bertz CT molecular complexity index is 444. The molecular weight excluding hydrogens is 246 g/mol. The largest absolute Gasteiger partial charge is 0.386 e. The van der Waals surface area contributed by atoms with Gasteiger partial charge in [-0.25, -0.2) is 0 Å². The number of hydrogen-bond acceptors (Lipinski definition) is 2. The maximum absolute atomic E-state index is 11.1. The third-order valence-electron chi connectivity index (χ3n) is 5.32. The molecule has 0 amide bonds. The fourth-order valence-electron chi connectivity index (χ4n) is 4.24. The average molecular weight is 273 g/mol. The van der Waals surface area contributed by atoms with Gasteiger partial charge in [-0.1, -0.05) is 49.1 Å². The van der Waals surface area contributed by atoms with Crippen LogP contribution in [-0.2, 0) is 0 Å². The smallest absolute Gasteiger partial charge is 0.0973 e. The molecule has 1 atom stereocenters. The van der Waals surface area contributed by atoms with Crippen LogP contribution >= 0.6 is 0 Å². The average Bonchev–Trinajstić information content (AvgIpc) is 2.98. The molecule has 2 fully saturated rings. The van der Waals surface area contributed by atoms with Crippen LogP contribution in [0, 0.1) is 6.92 Å². The molecule has 0 spiro atoms. The maximum atomic E-state index is 11.1. The predicted molar refractivity (Wildman–Crippen MR) is 82.8 cm³/mol. The van der Waals surface area contributed by atoms with Gasteiger partial charge in [0.15, 0.2) is 0 Å². The Kier molecular flexibility index (Phi) is 4.13. The summed E-state index contributed by atoms with van der Waals surface area (Å²) in [5, 5.41) is 11.1. The minimum absolute atomic E-state index is 0.00815. The summed E-state index contributed by atoms with van der Waals surface area (Å²) in [5.74, 6) is 0. The van der Waals surface area contributed by atoms with Crippen molar-refractivity contribution in [1.29, 1.82) is 0 Å². The Hall–Kier alpha value is -0.860. The van der Waals surface area contributed by atoms with E-state index in [9.17, 15) is 5.11 Å². The van der Waals surface area contributed by atoms with Crippen molar-refractivity contribution in [3.63, 3.8) is 0 Å². The van der Waals surface area contributed by atoms with Crippen LogP contribution in [0.1, 0.15) is 62.2 Å². The van der Waals surface area contributed by atoms with E-state index in [1.54, 1.807) is 0 Å². The monoisotopic (exact) mass is 273 g/mol. The number of benzene rings is 1. The van der Waals surface area contributed by atoms with Crippen LogP contribution in [0.5, 0.6) is 0 Å². The molecule has 1 saturated carbocycles. The summed E-state index contributed by atoms with van der Waals surface area (Å²) in [5.41, 5.74) is 2.36. The third-order valence-corrected chi connectivity index (χ3v) is 5.32. The molecular formula is C18H27NO. The van der Waals surface area contributed by atoms with Gasteiger partial charge in [0.1, 0.15) is 0 Å². The predicted octanol–water partition coefficient (Wildman–Crippen LogP) is 3.83. The Labute approximate surface area is 122 Å². The zero-order valence-corrected chi connectivity index (χ0v) is 12.6. The van der Waals surface area contributed by atoms with Crippen molar-refractivity contribution < 1.29 is 5.11 Å². The molecule has 1 aliphatic carbocycles. The summed E-state index contributed by atoms with van der Waals surface area (Å²) in [6.45, 7) is 4.45. The number of rotatable bonds is 3. The molecule has 1 aromatic carbocycles. The van der Waals surface area contributed by atoms with Gasteiger partial charge in [0.25, 0.3) is 0 Å². The lowest BCUT2D eigenvalue weighted by atomic mass is 9.82. The van der Waals surface area contributed by atoms with Gasteiger partial charge >= 0.3 is 0 Å². The zero-order valence-electron chi connectivity index (χ0n) is 12.6. The summed E-state index contributed by atoms with van der Waals surface area (Å²) in [6, 6.07) is 8.45. The number of likely N-dealkylation sites (tertiary alicyclic amines) is 1. The number of aliphatic hydroxyl groups is 1. The second-order valence-electron chi connectivity index (χ2n) is 6.68. The van der Waals surface area contributed by atoms with Crippen molar-refractivity contribution in [1.82, 2.24) is 4.90 Å². The molecule has 3 rings (SSSR count). The Morgan fingerprint density at radius 2 is 1.75 bits per heavy atom. The van der Waals surface area contributed by atoms with E-state index < -0.39 is 0 Å². The van der Waals surface area contributed by atoms with Crippen LogP contribution in [0.3, 0.4) is 0 Å². The van der Waals surface area contributed by atoms with Gasteiger partial charge < -0.3 is 5.11 Å². The highest BCUT2D eigenvalue weighted by Gasteiger charge is 2.46. The molecule has 2 nitrogen and oxygen atoms in total. The lowest BCUT2D eigenvalue weighted by molar-refractivity contribution is -0.0405. The van der Waals surface area contributed by atoms with Crippen LogP contribution in [0.2, 0.25) is 0 Å². The first-order valence-electron chi connectivity index (χ1n) is 8.22. The minimum atomic E-state index is -0.331. The first-order chi connectivity index (χ1) is 9.72. The molecule has 1 unspecified atom stereocenters. The van der Waals surface area contributed by atoms with Crippen LogP contribution in [-0.4, -0.2) is 28.6 Å². The first-order valence-corrected chi connectivity index (χ1v) is 8.22. The van der Waals surface area contributed by atoms with E-state index in [1.807, 2.05) is 0 Å². The molecule has 1 N–H and O–H groups in total. The highest BCUT2D eigenvalue weighted by molar-refractivity contribution is 5.27. The van der Waals surface area contributed by atoms with Crippen LogP contribution in [0.15, 0.2) is 24.3 Å². The zero-order chi connectivity index (χ0) is 14.0. The summed E-state index contributed by atoms with van der Waals surface area (Å²) in [7, 11) is 0. The van der Waals surface area contributed by atoms with Crippen molar-refractivity contribution in [2.45, 2.75) is 63.5 Å². The maximum Gasteiger partial charge on any atom is 0.0973 e. The molecule has 1 aliphatic heterocycles. The molecule has 0 radical (unpaired) electrons. The number of aryl methyl sites for hydroxylation is 1. The van der Waals surface area contributed by atoms with Gasteiger partial charge in [0, 0.05) is 0 Å². The lowest BCUT2D eigenvalue weighted by Crippen LogP contribution is -2.53. The summed E-state index contributed by atoms with van der Waals surface area (Å²) < 4.78 is 0. The third kappa shape index (κ3) is 2.51. The normalized spacial score (nSPS) is 24.7. The number of aliphatic hydroxyl groups excluding tert-OH is 1. The van der Waals surface area contributed by atoms with Crippen molar-refractivity contribution in [3.05, 3.63) is 35.4 Å². The molecule has 110 valence electrons. The lowest BCUT2D eigenvalue weighted by Gasteiger charge is -2.46. The molecule has 0 bridgehead atoms. The summed E-state index contributed by atoms with van der Waals surface area (Å²) >= 11 is 0. The quantitative estimate of drug-likeness (QED) is 0.905. The Morgan fingerprint density at radius 1 is 1.05 bits per heavy atom. The molecule has 1 saturated heterocycles. The van der Waals surface area contributed by atoms with E-state index in [-0.39, 0.29) is 11.6 Å². The number of hydrogen-bond donors (Lipinski definition) is 1. The number of nitrogens with zero attached hydrogens (tertiary/aromatic N) is 1. The topological polar surface area (TPSA) is 23.5 Å². The summed E-state index contributed by atoms with van der Waals surface area (Å²) in [4.78, 5) is 2.61. The van der Waals surface area contributed by atoms with Gasteiger partial charge in [0.05, 0.1) is 11.6 Å². The second kappa shape index (κ2) is 5.87. The SMILES string of the molecule is Cc1cccc(C(O)C2(N3CCCCC3)CCCC2)c1. The van der Waals surface area contributed by atoms with Gasteiger partial charge in [-0.05, 0) is 51.3 Å². The molecule has 2 heteroatoms. The van der Waals surface area contributed by atoms with Crippen molar-refractivity contribution in [2.24, 2.45) is 0 Å². The van der Waals surface area contributed by atoms with Crippen LogP contribution in [0.25, 0.3) is 0 Å². The first kappa shape index (κ1) is 14.1. The number of piperidine rings is 1. The van der Waals surface area contributed by atoms with E-state index in [1.165, 1.54) is 50.8 Å². The fourth-order valence-corrected chi connectivity index (χ4v) is 4.24. The fraction of sp³-hybridized carbons (Fsp3) is 0.667. The standard InChI is InChI=1S/C18H27NO/c1-15-8-7-9-16(14-15)17(20)18(10-3-4-11-18)19-12-5-2-6-13-19/h7-9,14,17,20H,2-6,10-13H2,1H3. The highest BCUT2D eigenvalue weighted by atomic mass is 16.3. The molecule has 0 aromatic heterocycles. The van der Waals surface area contributed by atoms with Gasteiger partial charge in [0.2, 0.25) is 0 Å². The van der Waals surface area contributed by atoms with Crippen molar-refractivity contribution >= 4 is 0 Å². The minimum Gasteiger partial charge on any atom is -0.386 e. The van der Waals surface area contributed by atoms with Gasteiger partial charge in [-0.2, -0.15) is 0 Å². The van der Waals surface area contributed by atoms with Gasteiger partial charge in [-0.3, -0.25) is 4.90 Å². The van der Waals surface area contributed by atoms with Gasteiger partial charge in [-0.15, -0.1) is 0 Å². The van der Waals surface area contributed by atoms with E-state index in [0.717, 1.165) is 18.4 Å². The Balaban J connectivity index is 1.89. The second-order valence-corrected chi connectivity index (χ2v) is 6.68. The van der Waals surface area contributed by atoms with Crippen molar-refractivity contribution in [2.75, 3.05) is 13.1 Å². The van der Waals surface area contributed by atoms with E-state index in [2.05, 4.69) is 36.1 Å². The summed E-state index contributed by atoms with van der Waals surface area (Å²) in [6.07, 6.45) is 8.45. The molecule has 2 aliphatic rings. The van der Waals surface area contributed by atoms with Crippen LogP contribution < -0.4 is 0 Å². The van der Waals surface area contributed by atoms with Crippen molar-refractivity contribution in [3.8, 4) is 0 Å². The van der Waals surface area contributed by atoms with E-state index >= 15 is 0 Å². The molecule has 1 aromatic rings.